The monoisotopic (exact) mass is 322 g/mol. The van der Waals surface area contributed by atoms with Crippen LogP contribution in [0.2, 0.25) is 0 Å². The number of anilines is 1. The Morgan fingerprint density at radius 3 is 2.50 bits per heavy atom. The molecule has 5 nitrogen and oxygen atoms in total. The fraction of sp³-hybridized carbons (Fsp3) is 0.316. The molecule has 1 aromatic carbocycles. The van der Waals surface area contributed by atoms with Crippen molar-refractivity contribution in [1.82, 2.24) is 15.1 Å². The standard InChI is InChI=1S/C19H22N4O/c1-12(2)18-16(17-9-14(4)23-24-17)11-21-19(22-18)20-10-15-7-5-13(3)6-8-15/h5-9,11-12H,10H2,1-4H3,(H,20,21,22). The Kier molecular flexibility index (Phi) is 4.60. The van der Waals surface area contributed by atoms with E-state index in [0.29, 0.717) is 18.3 Å². The summed E-state index contributed by atoms with van der Waals surface area (Å²) >= 11 is 0. The maximum absolute atomic E-state index is 5.37. The molecule has 0 aliphatic heterocycles. The van der Waals surface area contributed by atoms with Crippen molar-refractivity contribution in [3.63, 3.8) is 0 Å². The average molecular weight is 322 g/mol. The Balaban J connectivity index is 1.82. The molecule has 0 saturated heterocycles. The van der Waals surface area contributed by atoms with Gasteiger partial charge >= 0.3 is 0 Å². The molecule has 24 heavy (non-hydrogen) atoms. The van der Waals surface area contributed by atoms with Crippen molar-refractivity contribution in [2.75, 3.05) is 5.32 Å². The third-order valence-electron chi connectivity index (χ3n) is 3.83. The molecule has 1 N–H and O–H groups in total. The summed E-state index contributed by atoms with van der Waals surface area (Å²) in [7, 11) is 0. The minimum atomic E-state index is 0.258. The van der Waals surface area contributed by atoms with Crippen LogP contribution in [0.5, 0.6) is 0 Å². The zero-order chi connectivity index (χ0) is 17.1. The summed E-state index contributed by atoms with van der Waals surface area (Å²) in [5, 5.41) is 7.24. The summed E-state index contributed by atoms with van der Waals surface area (Å²) in [6, 6.07) is 10.3. The maximum Gasteiger partial charge on any atom is 0.223 e. The van der Waals surface area contributed by atoms with Gasteiger partial charge in [-0.25, -0.2) is 9.97 Å². The lowest BCUT2D eigenvalue weighted by atomic mass is 10.0. The lowest BCUT2D eigenvalue weighted by Crippen LogP contribution is -2.07. The van der Waals surface area contributed by atoms with E-state index in [2.05, 4.69) is 65.5 Å². The molecule has 3 rings (SSSR count). The fourth-order valence-electron chi connectivity index (χ4n) is 2.49. The summed E-state index contributed by atoms with van der Waals surface area (Å²) in [6.45, 7) is 8.90. The second kappa shape index (κ2) is 6.83. The molecule has 0 radical (unpaired) electrons. The smallest absolute Gasteiger partial charge is 0.223 e. The van der Waals surface area contributed by atoms with Gasteiger partial charge in [0.2, 0.25) is 5.95 Å². The lowest BCUT2D eigenvalue weighted by molar-refractivity contribution is 0.426. The van der Waals surface area contributed by atoms with Crippen molar-refractivity contribution in [3.05, 3.63) is 59.0 Å². The first-order valence-corrected chi connectivity index (χ1v) is 8.13. The highest BCUT2D eigenvalue weighted by atomic mass is 16.5. The Hall–Kier alpha value is -2.69. The minimum Gasteiger partial charge on any atom is -0.356 e. The number of rotatable bonds is 5. The van der Waals surface area contributed by atoms with Crippen molar-refractivity contribution in [2.24, 2.45) is 0 Å². The Morgan fingerprint density at radius 2 is 1.88 bits per heavy atom. The molecule has 0 spiro atoms. The molecule has 0 aliphatic carbocycles. The predicted molar refractivity (Wildman–Crippen MR) is 94.9 cm³/mol. The lowest BCUT2D eigenvalue weighted by Gasteiger charge is -2.12. The van der Waals surface area contributed by atoms with Gasteiger partial charge < -0.3 is 9.84 Å². The number of hydrogen-bond donors (Lipinski definition) is 1. The molecule has 0 fully saturated rings. The van der Waals surface area contributed by atoms with Gasteiger partial charge in [0, 0.05) is 18.8 Å². The molecule has 2 aromatic heterocycles. The summed E-state index contributed by atoms with van der Waals surface area (Å²) in [5.41, 5.74) is 5.15. The van der Waals surface area contributed by atoms with Crippen LogP contribution in [0.15, 0.2) is 41.1 Å². The molecule has 0 saturated carbocycles. The molecule has 5 heteroatoms. The SMILES string of the molecule is Cc1ccc(CNc2ncc(-c3cc(C)no3)c(C(C)C)n2)cc1. The number of benzene rings is 1. The fourth-order valence-corrected chi connectivity index (χ4v) is 2.49. The van der Waals surface area contributed by atoms with Gasteiger partial charge in [0.15, 0.2) is 5.76 Å². The van der Waals surface area contributed by atoms with Gasteiger partial charge in [0.05, 0.1) is 17.0 Å². The molecule has 0 atom stereocenters. The molecule has 3 aromatic rings. The Labute approximate surface area is 142 Å². The number of nitrogens with one attached hydrogen (secondary N) is 1. The van der Waals surface area contributed by atoms with Crippen LogP contribution in [0, 0.1) is 13.8 Å². The number of aromatic nitrogens is 3. The Morgan fingerprint density at radius 1 is 1.12 bits per heavy atom. The molecular weight excluding hydrogens is 300 g/mol. The zero-order valence-corrected chi connectivity index (χ0v) is 14.5. The van der Waals surface area contributed by atoms with Gasteiger partial charge in [-0.2, -0.15) is 0 Å². The van der Waals surface area contributed by atoms with Gasteiger partial charge in [-0.05, 0) is 25.3 Å². The van der Waals surface area contributed by atoms with Gasteiger partial charge in [0.1, 0.15) is 0 Å². The quantitative estimate of drug-likeness (QED) is 0.750. The first-order chi connectivity index (χ1) is 11.5. The van der Waals surface area contributed by atoms with Crippen molar-refractivity contribution in [2.45, 2.75) is 40.2 Å². The van der Waals surface area contributed by atoms with E-state index >= 15 is 0 Å². The van der Waals surface area contributed by atoms with Crippen molar-refractivity contribution in [1.29, 1.82) is 0 Å². The average Bonchev–Trinajstić information content (AvgIpc) is 3.00. The molecular formula is C19H22N4O. The van der Waals surface area contributed by atoms with E-state index in [0.717, 1.165) is 17.0 Å². The van der Waals surface area contributed by atoms with E-state index in [9.17, 15) is 0 Å². The third kappa shape index (κ3) is 3.62. The van der Waals surface area contributed by atoms with E-state index < -0.39 is 0 Å². The topological polar surface area (TPSA) is 63.8 Å². The van der Waals surface area contributed by atoms with Gasteiger partial charge in [-0.3, -0.25) is 0 Å². The van der Waals surface area contributed by atoms with Crippen LogP contribution in [-0.2, 0) is 6.54 Å². The number of nitrogens with zero attached hydrogens (tertiary/aromatic N) is 3. The molecule has 124 valence electrons. The van der Waals surface area contributed by atoms with E-state index in [1.54, 1.807) is 6.20 Å². The van der Waals surface area contributed by atoms with E-state index in [1.807, 2.05) is 13.0 Å². The largest absolute Gasteiger partial charge is 0.356 e. The number of aryl methyl sites for hydroxylation is 2. The van der Waals surface area contributed by atoms with Crippen LogP contribution < -0.4 is 5.32 Å². The maximum atomic E-state index is 5.37. The van der Waals surface area contributed by atoms with Gasteiger partial charge in [0.25, 0.3) is 0 Å². The van der Waals surface area contributed by atoms with E-state index in [-0.39, 0.29) is 5.92 Å². The molecule has 0 aliphatic rings. The van der Waals surface area contributed by atoms with Gasteiger partial charge in [-0.1, -0.05) is 48.8 Å². The van der Waals surface area contributed by atoms with Crippen LogP contribution in [0.1, 0.15) is 42.3 Å². The predicted octanol–water partition coefficient (Wildman–Crippen LogP) is 4.48. The minimum absolute atomic E-state index is 0.258. The molecule has 2 heterocycles. The summed E-state index contributed by atoms with van der Waals surface area (Å²) in [4.78, 5) is 9.11. The van der Waals surface area contributed by atoms with Crippen LogP contribution in [0.3, 0.4) is 0 Å². The van der Waals surface area contributed by atoms with Crippen LogP contribution in [0.25, 0.3) is 11.3 Å². The molecule has 0 amide bonds. The van der Waals surface area contributed by atoms with Crippen molar-refractivity contribution in [3.8, 4) is 11.3 Å². The van der Waals surface area contributed by atoms with E-state index in [4.69, 9.17) is 4.52 Å². The van der Waals surface area contributed by atoms with E-state index in [1.165, 1.54) is 11.1 Å². The third-order valence-corrected chi connectivity index (χ3v) is 3.83. The first-order valence-electron chi connectivity index (χ1n) is 8.13. The van der Waals surface area contributed by atoms with Crippen LogP contribution >= 0.6 is 0 Å². The summed E-state index contributed by atoms with van der Waals surface area (Å²) in [5.74, 6) is 1.59. The molecule has 0 bridgehead atoms. The second-order valence-electron chi connectivity index (χ2n) is 6.32. The highest BCUT2D eigenvalue weighted by Crippen LogP contribution is 2.28. The van der Waals surface area contributed by atoms with Crippen molar-refractivity contribution >= 4 is 5.95 Å². The summed E-state index contributed by atoms with van der Waals surface area (Å²) in [6.07, 6.45) is 1.81. The van der Waals surface area contributed by atoms with Crippen LogP contribution in [0.4, 0.5) is 5.95 Å². The van der Waals surface area contributed by atoms with Crippen molar-refractivity contribution < 1.29 is 4.52 Å². The second-order valence-corrected chi connectivity index (χ2v) is 6.32. The highest BCUT2D eigenvalue weighted by Gasteiger charge is 2.16. The zero-order valence-electron chi connectivity index (χ0n) is 14.5. The van der Waals surface area contributed by atoms with Gasteiger partial charge in [-0.15, -0.1) is 0 Å². The van der Waals surface area contributed by atoms with Crippen LogP contribution in [-0.4, -0.2) is 15.1 Å². The molecule has 0 unspecified atom stereocenters. The Bertz CT molecular complexity index is 822. The summed E-state index contributed by atoms with van der Waals surface area (Å²) < 4.78 is 5.37. The first kappa shape index (κ1) is 16.2. The normalized spacial score (nSPS) is 11.0. The highest BCUT2D eigenvalue weighted by molar-refractivity contribution is 5.61. The number of hydrogen-bond acceptors (Lipinski definition) is 5.